The maximum absolute atomic E-state index is 13.1. The predicted octanol–water partition coefficient (Wildman–Crippen LogP) is 2.78. The summed E-state index contributed by atoms with van der Waals surface area (Å²) in [5.74, 6) is -1.28. The normalized spacial score (nSPS) is 17.9. The van der Waals surface area contributed by atoms with Crippen molar-refractivity contribution in [1.82, 2.24) is 8.87 Å². The molecule has 30 heavy (non-hydrogen) atoms. The van der Waals surface area contributed by atoms with Crippen molar-refractivity contribution in [2.45, 2.75) is 17.7 Å². The highest BCUT2D eigenvalue weighted by Gasteiger charge is 2.33. The molecule has 10 heteroatoms. The van der Waals surface area contributed by atoms with Crippen molar-refractivity contribution in [3.63, 3.8) is 0 Å². The first-order chi connectivity index (χ1) is 14.3. The molecule has 1 aliphatic heterocycles. The van der Waals surface area contributed by atoms with Crippen LogP contribution >= 0.6 is 11.3 Å². The first-order valence-corrected chi connectivity index (χ1v) is 11.7. The fourth-order valence-corrected chi connectivity index (χ4v) is 6.03. The molecule has 2 heterocycles. The molecule has 0 spiro atoms. The van der Waals surface area contributed by atoms with E-state index in [9.17, 15) is 22.4 Å². The lowest BCUT2D eigenvalue weighted by molar-refractivity contribution is -0.120. The lowest BCUT2D eigenvalue weighted by Gasteiger charge is -2.31. The summed E-state index contributed by atoms with van der Waals surface area (Å²) in [6, 6.07) is 9.92. The number of carbonyl (C=O) groups is 1. The van der Waals surface area contributed by atoms with Gasteiger partial charge in [-0.2, -0.15) is 4.31 Å². The number of rotatable bonds is 4. The van der Waals surface area contributed by atoms with Crippen LogP contribution in [0.4, 0.5) is 10.1 Å². The maximum Gasteiger partial charge on any atom is 0.307 e. The van der Waals surface area contributed by atoms with Crippen molar-refractivity contribution in [2.75, 3.05) is 18.4 Å². The van der Waals surface area contributed by atoms with Gasteiger partial charge in [-0.25, -0.2) is 12.8 Å². The smallest absolute Gasteiger partial charge is 0.307 e. The fraction of sp³-hybridized carbons (Fsp3) is 0.300. The molecule has 0 bridgehead atoms. The van der Waals surface area contributed by atoms with Crippen molar-refractivity contribution >= 4 is 43.2 Å². The van der Waals surface area contributed by atoms with Crippen LogP contribution in [0.5, 0.6) is 0 Å². The first kappa shape index (κ1) is 20.7. The van der Waals surface area contributed by atoms with E-state index < -0.39 is 21.8 Å². The van der Waals surface area contributed by atoms with Gasteiger partial charge in [-0.05, 0) is 55.3 Å². The Hall–Kier alpha value is -2.56. The van der Waals surface area contributed by atoms with E-state index in [2.05, 4.69) is 5.32 Å². The number of aryl methyl sites for hydroxylation is 1. The number of anilines is 1. The molecular formula is C20H20FN3O4S2. The van der Waals surface area contributed by atoms with Gasteiger partial charge in [-0.3, -0.25) is 9.59 Å². The van der Waals surface area contributed by atoms with E-state index in [4.69, 9.17) is 0 Å². The summed E-state index contributed by atoms with van der Waals surface area (Å²) < 4.78 is 42.4. The second-order valence-electron chi connectivity index (χ2n) is 7.25. The molecule has 0 saturated carbocycles. The van der Waals surface area contributed by atoms with E-state index in [1.54, 1.807) is 29.8 Å². The second-order valence-corrected chi connectivity index (χ2v) is 10.2. The molecule has 1 saturated heterocycles. The molecule has 1 atom stereocenters. The third-order valence-corrected chi connectivity index (χ3v) is 8.14. The van der Waals surface area contributed by atoms with Gasteiger partial charge in [0, 0.05) is 25.8 Å². The van der Waals surface area contributed by atoms with E-state index in [-0.39, 0.29) is 22.2 Å². The average molecular weight is 450 g/mol. The van der Waals surface area contributed by atoms with Gasteiger partial charge >= 0.3 is 4.87 Å². The maximum atomic E-state index is 13.1. The Morgan fingerprint density at radius 2 is 1.93 bits per heavy atom. The number of amides is 1. The van der Waals surface area contributed by atoms with E-state index >= 15 is 0 Å². The summed E-state index contributed by atoms with van der Waals surface area (Å²) in [6.45, 7) is 0.375. The lowest BCUT2D eigenvalue weighted by atomic mass is 9.98. The van der Waals surface area contributed by atoms with Gasteiger partial charge in [-0.15, -0.1) is 0 Å². The number of nitrogens with one attached hydrogen (secondary N) is 1. The Morgan fingerprint density at radius 3 is 2.67 bits per heavy atom. The number of piperidine rings is 1. The number of thiazole rings is 1. The highest BCUT2D eigenvalue weighted by Crippen LogP contribution is 2.26. The Kier molecular flexibility index (Phi) is 5.48. The number of halogens is 1. The van der Waals surface area contributed by atoms with Gasteiger partial charge in [0.15, 0.2) is 0 Å². The Labute approximate surface area is 176 Å². The molecule has 0 aliphatic carbocycles. The summed E-state index contributed by atoms with van der Waals surface area (Å²) in [4.78, 5) is 24.5. The van der Waals surface area contributed by atoms with Gasteiger partial charge < -0.3 is 9.88 Å². The van der Waals surface area contributed by atoms with Gasteiger partial charge in [0.2, 0.25) is 15.9 Å². The summed E-state index contributed by atoms with van der Waals surface area (Å²) in [7, 11) is -2.11. The molecule has 2 aromatic carbocycles. The predicted molar refractivity (Wildman–Crippen MR) is 114 cm³/mol. The molecule has 3 aromatic rings. The van der Waals surface area contributed by atoms with E-state index in [1.165, 1.54) is 16.4 Å². The topological polar surface area (TPSA) is 88.5 Å². The third-order valence-electron chi connectivity index (χ3n) is 5.27. The summed E-state index contributed by atoms with van der Waals surface area (Å²) >= 11 is 1.10. The lowest BCUT2D eigenvalue weighted by Crippen LogP contribution is -2.43. The zero-order valence-electron chi connectivity index (χ0n) is 16.2. The summed E-state index contributed by atoms with van der Waals surface area (Å²) in [5, 5.41) is 2.84. The van der Waals surface area contributed by atoms with Crippen LogP contribution in [0.2, 0.25) is 0 Å². The Bertz CT molecular complexity index is 1270. The van der Waals surface area contributed by atoms with E-state index in [1.807, 2.05) is 0 Å². The molecular weight excluding hydrogens is 429 g/mol. The average Bonchev–Trinajstić information content (AvgIpc) is 3.01. The zero-order valence-corrected chi connectivity index (χ0v) is 17.8. The van der Waals surface area contributed by atoms with E-state index in [0.29, 0.717) is 25.1 Å². The minimum Gasteiger partial charge on any atom is -0.326 e. The molecule has 1 amide bonds. The number of fused-ring (bicyclic) bond motifs is 1. The first-order valence-electron chi connectivity index (χ1n) is 9.42. The van der Waals surface area contributed by atoms with E-state index in [0.717, 1.165) is 33.7 Å². The third kappa shape index (κ3) is 3.90. The Morgan fingerprint density at radius 1 is 1.20 bits per heavy atom. The minimum absolute atomic E-state index is 0.00870. The van der Waals surface area contributed by atoms with Crippen LogP contribution in [0.15, 0.2) is 52.2 Å². The van der Waals surface area contributed by atoms with Crippen molar-refractivity contribution in [1.29, 1.82) is 0 Å². The van der Waals surface area contributed by atoms with Crippen molar-refractivity contribution in [3.05, 3.63) is 57.9 Å². The van der Waals surface area contributed by atoms with Crippen molar-refractivity contribution < 1.29 is 17.6 Å². The van der Waals surface area contributed by atoms with Crippen LogP contribution in [-0.4, -0.2) is 36.3 Å². The van der Waals surface area contributed by atoms with Crippen LogP contribution < -0.4 is 10.2 Å². The molecule has 158 valence electrons. The highest BCUT2D eigenvalue weighted by molar-refractivity contribution is 7.89. The van der Waals surface area contributed by atoms with Crippen LogP contribution in [0.25, 0.3) is 10.2 Å². The molecule has 4 rings (SSSR count). The van der Waals surface area contributed by atoms with Crippen molar-refractivity contribution in [2.24, 2.45) is 13.0 Å². The molecule has 1 aliphatic rings. The zero-order chi connectivity index (χ0) is 21.5. The van der Waals surface area contributed by atoms with Gasteiger partial charge in [0.05, 0.1) is 21.0 Å². The largest absolute Gasteiger partial charge is 0.326 e. The molecule has 0 radical (unpaired) electrons. The van der Waals surface area contributed by atoms with Gasteiger partial charge in [0.25, 0.3) is 0 Å². The molecule has 1 N–H and O–H groups in total. The molecule has 7 nitrogen and oxygen atoms in total. The second kappa shape index (κ2) is 7.93. The summed E-state index contributed by atoms with van der Waals surface area (Å²) in [6.07, 6.45) is 1.13. The number of nitrogens with zero attached hydrogens (tertiary/aromatic N) is 2. The number of sulfonamides is 1. The quantitative estimate of drug-likeness (QED) is 0.663. The van der Waals surface area contributed by atoms with Crippen molar-refractivity contribution in [3.8, 4) is 0 Å². The summed E-state index contributed by atoms with van der Waals surface area (Å²) in [5.41, 5.74) is 1.35. The number of hydrogen-bond acceptors (Lipinski definition) is 5. The van der Waals surface area contributed by atoms with Gasteiger partial charge in [0.1, 0.15) is 5.82 Å². The molecule has 1 unspecified atom stereocenters. The molecule has 1 fully saturated rings. The van der Waals surface area contributed by atoms with Crippen LogP contribution in [0.3, 0.4) is 0 Å². The fourth-order valence-electron chi connectivity index (χ4n) is 3.59. The van der Waals surface area contributed by atoms with Crippen LogP contribution in [0, 0.1) is 11.7 Å². The molecule has 1 aromatic heterocycles. The highest BCUT2D eigenvalue weighted by atomic mass is 32.2. The Balaban J connectivity index is 1.49. The van der Waals surface area contributed by atoms with Gasteiger partial charge in [-0.1, -0.05) is 11.3 Å². The number of hydrogen-bond donors (Lipinski definition) is 1. The number of benzene rings is 2. The minimum atomic E-state index is -3.80. The monoisotopic (exact) mass is 449 g/mol. The number of carbonyl (C=O) groups excluding carboxylic acids is 1. The number of aromatic nitrogens is 1. The SMILES string of the molecule is Cn1c(=O)sc2cc(NC(=O)C3CCCN(S(=O)(=O)c4ccc(F)cc4)C3)ccc21. The van der Waals surface area contributed by atoms with Crippen LogP contribution in [-0.2, 0) is 21.9 Å². The van der Waals surface area contributed by atoms with Crippen LogP contribution in [0.1, 0.15) is 12.8 Å². The standard InChI is InChI=1S/C20H20FN3O4S2/c1-23-17-9-6-15(11-18(17)29-20(23)26)22-19(25)13-3-2-10-24(12-13)30(27,28)16-7-4-14(21)5-8-16/h4-9,11,13H,2-3,10,12H2,1H3,(H,22,25).